The average Bonchev–Trinajstić information content (AvgIpc) is 3.29. The molecule has 0 saturated carbocycles. The van der Waals surface area contributed by atoms with Crippen molar-refractivity contribution in [3.05, 3.63) is 128 Å². The van der Waals surface area contributed by atoms with Gasteiger partial charge in [-0.25, -0.2) is 10.2 Å². The van der Waals surface area contributed by atoms with Crippen molar-refractivity contribution in [3.63, 3.8) is 0 Å². The minimum Gasteiger partial charge on any atom is -0.422 e. The number of benzene rings is 4. The van der Waals surface area contributed by atoms with Crippen molar-refractivity contribution < 1.29 is 19.1 Å². The molecule has 0 radical (unpaired) electrons. The molecule has 41 heavy (non-hydrogen) atoms. The number of halogens is 2. The maximum Gasteiger partial charge on any atom is 0.343 e. The summed E-state index contributed by atoms with van der Waals surface area (Å²) in [5.74, 6) is -1.02. The fourth-order valence-corrected chi connectivity index (χ4v) is 5.60. The Morgan fingerprint density at radius 3 is 2.41 bits per heavy atom. The van der Waals surface area contributed by atoms with Crippen LogP contribution in [0.2, 0.25) is 10.0 Å². The summed E-state index contributed by atoms with van der Waals surface area (Å²) in [5, 5.41) is 8.48. The van der Waals surface area contributed by atoms with Crippen LogP contribution in [0.4, 0.5) is 5.69 Å². The fourth-order valence-electron chi connectivity index (χ4n) is 3.91. The zero-order valence-electron chi connectivity index (χ0n) is 21.5. The SMILES string of the molecule is Cc1cccc(C(=O)Oc2ccccc2/C=N\NC(=O)c2ccc(NC(=O)c3sc4cc(Cl)ccc4c3Cl)cc2)c1. The predicted octanol–water partition coefficient (Wildman–Crippen LogP) is 7.75. The molecular formula is C31H21Cl2N3O4S. The van der Waals surface area contributed by atoms with E-state index in [1.807, 2.05) is 13.0 Å². The molecule has 2 amide bonds. The standard InChI is InChI=1S/C31H21Cl2N3O4S/c1-18-5-4-7-20(15-18)31(39)40-25-8-3-2-6-21(25)17-34-36-29(37)19-9-12-23(13-10-19)35-30(38)28-27(33)24-14-11-22(32)16-26(24)41-28/h2-17H,1H3,(H,35,38)(H,36,37)/b34-17-. The Morgan fingerprint density at radius 2 is 1.63 bits per heavy atom. The van der Waals surface area contributed by atoms with Crippen LogP contribution in [0.5, 0.6) is 5.75 Å². The number of fused-ring (bicyclic) bond motifs is 1. The lowest BCUT2D eigenvalue weighted by Gasteiger charge is -2.08. The van der Waals surface area contributed by atoms with Gasteiger partial charge in [-0.2, -0.15) is 5.10 Å². The molecule has 0 atom stereocenters. The molecule has 5 aromatic rings. The Kier molecular flexibility index (Phi) is 8.45. The first-order valence-electron chi connectivity index (χ1n) is 12.3. The molecule has 1 heterocycles. The molecule has 0 aliphatic carbocycles. The molecule has 204 valence electrons. The number of hydrogen-bond donors (Lipinski definition) is 2. The third kappa shape index (κ3) is 6.63. The predicted molar refractivity (Wildman–Crippen MR) is 164 cm³/mol. The second-order valence-electron chi connectivity index (χ2n) is 8.91. The molecule has 1 aromatic heterocycles. The van der Waals surface area contributed by atoms with Gasteiger partial charge < -0.3 is 10.1 Å². The van der Waals surface area contributed by atoms with Crippen molar-refractivity contribution >= 4 is 74.3 Å². The van der Waals surface area contributed by atoms with E-state index in [1.54, 1.807) is 84.9 Å². The summed E-state index contributed by atoms with van der Waals surface area (Å²) >= 11 is 13.7. The largest absolute Gasteiger partial charge is 0.422 e. The number of nitrogens with one attached hydrogen (secondary N) is 2. The van der Waals surface area contributed by atoms with Crippen LogP contribution < -0.4 is 15.5 Å². The van der Waals surface area contributed by atoms with Crippen molar-refractivity contribution in [1.29, 1.82) is 0 Å². The molecule has 0 spiro atoms. The normalized spacial score (nSPS) is 11.0. The highest BCUT2D eigenvalue weighted by Gasteiger charge is 2.18. The van der Waals surface area contributed by atoms with E-state index in [2.05, 4.69) is 15.8 Å². The maximum atomic E-state index is 12.8. The number of hydrogen-bond acceptors (Lipinski definition) is 6. The van der Waals surface area contributed by atoms with Crippen molar-refractivity contribution in [1.82, 2.24) is 5.43 Å². The number of hydrazone groups is 1. The van der Waals surface area contributed by atoms with Crippen molar-refractivity contribution in [2.45, 2.75) is 6.92 Å². The average molecular weight is 602 g/mol. The van der Waals surface area contributed by atoms with Crippen LogP contribution in [-0.4, -0.2) is 24.0 Å². The zero-order chi connectivity index (χ0) is 28.9. The van der Waals surface area contributed by atoms with E-state index in [0.29, 0.717) is 43.0 Å². The lowest BCUT2D eigenvalue weighted by atomic mass is 10.1. The number of nitrogens with zero attached hydrogens (tertiary/aromatic N) is 1. The smallest absolute Gasteiger partial charge is 0.343 e. The Hall–Kier alpha value is -4.50. The molecule has 0 fully saturated rings. The molecular weight excluding hydrogens is 581 g/mol. The minimum atomic E-state index is -0.496. The number of thiophene rings is 1. The van der Waals surface area contributed by atoms with Gasteiger partial charge in [0.2, 0.25) is 0 Å². The van der Waals surface area contributed by atoms with Gasteiger partial charge in [0.25, 0.3) is 11.8 Å². The van der Waals surface area contributed by atoms with Gasteiger partial charge in [-0.1, -0.05) is 59.1 Å². The number of anilines is 1. The lowest BCUT2D eigenvalue weighted by molar-refractivity contribution is 0.0733. The highest BCUT2D eigenvalue weighted by atomic mass is 35.5. The fraction of sp³-hybridized carbons (Fsp3) is 0.0323. The molecule has 0 aliphatic heterocycles. The van der Waals surface area contributed by atoms with Crippen LogP contribution in [0, 0.1) is 6.92 Å². The Bertz CT molecular complexity index is 1820. The molecule has 2 N–H and O–H groups in total. The Labute approximate surface area is 249 Å². The van der Waals surface area contributed by atoms with Gasteiger partial charge >= 0.3 is 5.97 Å². The number of ether oxygens (including phenoxy) is 1. The van der Waals surface area contributed by atoms with E-state index in [4.69, 9.17) is 27.9 Å². The van der Waals surface area contributed by atoms with Crippen LogP contribution in [-0.2, 0) is 0 Å². The van der Waals surface area contributed by atoms with E-state index in [9.17, 15) is 14.4 Å². The summed E-state index contributed by atoms with van der Waals surface area (Å²) in [6.45, 7) is 1.89. The summed E-state index contributed by atoms with van der Waals surface area (Å²) in [6, 6.07) is 25.5. The molecule has 0 bridgehead atoms. The van der Waals surface area contributed by atoms with E-state index < -0.39 is 11.9 Å². The number of rotatable bonds is 7. The van der Waals surface area contributed by atoms with E-state index in [0.717, 1.165) is 15.6 Å². The number of carbonyl (C=O) groups is 3. The van der Waals surface area contributed by atoms with Gasteiger partial charge in [0.1, 0.15) is 10.6 Å². The first-order valence-corrected chi connectivity index (χ1v) is 13.9. The second-order valence-corrected chi connectivity index (χ2v) is 10.8. The third-order valence-electron chi connectivity index (χ3n) is 5.95. The molecule has 10 heteroatoms. The molecule has 0 aliphatic rings. The van der Waals surface area contributed by atoms with Gasteiger partial charge in [0.05, 0.1) is 16.8 Å². The van der Waals surface area contributed by atoms with Crippen molar-refractivity contribution in [2.24, 2.45) is 5.10 Å². The molecule has 5 rings (SSSR count). The van der Waals surface area contributed by atoms with Crippen LogP contribution in [0.25, 0.3) is 10.1 Å². The summed E-state index contributed by atoms with van der Waals surface area (Å²) in [7, 11) is 0. The highest BCUT2D eigenvalue weighted by molar-refractivity contribution is 7.21. The zero-order valence-corrected chi connectivity index (χ0v) is 23.8. The third-order valence-corrected chi connectivity index (χ3v) is 7.84. The number of carbonyl (C=O) groups excluding carboxylic acids is 3. The van der Waals surface area contributed by atoms with Crippen LogP contribution >= 0.6 is 34.5 Å². The van der Waals surface area contributed by atoms with E-state index in [1.165, 1.54) is 17.6 Å². The van der Waals surface area contributed by atoms with Gasteiger partial charge in [0.15, 0.2) is 0 Å². The van der Waals surface area contributed by atoms with E-state index >= 15 is 0 Å². The topological polar surface area (TPSA) is 96.9 Å². The second kappa shape index (κ2) is 12.3. The van der Waals surface area contributed by atoms with Crippen molar-refractivity contribution in [3.8, 4) is 5.75 Å². The molecule has 4 aromatic carbocycles. The Balaban J connectivity index is 1.20. The highest BCUT2D eigenvalue weighted by Crippen LogP contribution is 2.37. The van der Waals surface area contributed by atoms with Crippen LogP contribution in [0.15, 0.2) is 96.1 Å². The first kappa shape index (κ1) is 28.0. The molecule has 0 saturated heterocycles. The minimum absolute atomic E-state index is 0.305. The maximum absolute atomic E-state index is 12.8. The van der Waals surface area contributed by atoms with Gasteiger partial charge in [-0.15, -0.1) is 11.3 Å². The number of esters is 1. The number of para-hydroxylation sites is 1. The van der Waals surface area contributed by atoms with Gasteiger partial charge in [-0.3, -0.25) is 9.59 Å². The summed E-state index contributed by atoms with van der Waals surface area (Å²) in [5.41, 5.74) is 5.16. The van der Waals surface area contributed by atoms with Crippen molar-refractivity contribution in [2.75, 3.05) is 5.32 Å². The first-order chi connectivity index (χ1) is 19.8. The quantitative estimate of drug-likeness (QED) is 0.0862. The summed E-state index contributed by atoms with van der Waals surface area (Å²) in [4.78, 5) is 38.4. The molecule has 7 nitrogen and oxygen atoms in total. The summed E-state index contributed by atoms with van der Waals surface area (Å²) in [6.07, 6.45) is 1.40. The van der Waals surface area contributed by atoms with Crippen LogP contribution in [0.1, 0.15) is 41.5 Å². The Morgan fingerprint density at radius 1 is 0.854 bits per heavy atom. The molecule has 0 unspecified atom stereocenters. The number of amides is 2. The number of aryl methyl sites for hydroxylation is 1. The summed E-state index contributed by atoms with van der Waals surface area (Å²) < 4.78 is 6.36. The lowest BCUT2D eigenvalue weighted by Crippen LogP contribution is -2.18. The van der Waals surface area contributed by atoms with E-state index in [-0.39, 0.29) is 5.91 Å². The van der Waals surface area contributed by atoms with Gasteiger partial charge in [-0.05, 0) is 67.6 Å². The monoisotopic (exact) mass is 601 g/mol. The van der Waals surface area contributed by atoms with Crippen LogP contribution in [0.3, 0.4) is 0 Å². The van der Waals surface area contributed by atoms with Gasteiger partial charge in [0, 0.05) is 31.9 Å².